The van der Waals surface area contributed by atoms with Crippen LogP contribution in [-0.2, 0) is 21.1 Å². The summed E-state index contributed by atoms with van der Waals surface area (Å²) >= 11 is -3.89. The molecule has 3 nitrogen and oxygen atoms in total. The van der Waals surface area contributed by atoms with E-state index in [0.29, 0.717) is 0 Å². The summed E-state index contributed by atoms with van der Waals surface area (Å²) in [5.74, 6) is 9.99. The molecule has 0 unspecified atom stereocenters. The molecule has 3 heterocycles. The number of anilines is 3. The minimum absolute atomic E-state index is 0. The molecule has 0 saturated heterocycles. The van der Waals surface area contributed by atoms with Gasteiger partial charge in [-0.15, -0.1) is 0 Å². The van der Waals surface area contributed by atoms with E-state index in [1.165, 1.54) is 31.5 Å². The molecule has 0 amide bonds. The Balaban J connectivity index is 0.000000150. The van der Waals surface area contributed by atoms with Crippen LogP contribution in [0.2, 0.25) is 23.3 Å². The van der Waals surface area contributed by atoms with E-state index < -0.39 is 25.7 Å². The average Bonchev–Trinajstić information content (AvgIpc) is 3.49. The van der Waals surface area contributed by atoms with Crippen molar-refractivity contribution in [3.63, 3.8) is 0 Å². The monoisotopic (exact) mass is 937 g/mol. The number of aromatic nitrogens is 2. The van der Waals surface area contributed by atoms with Crippen molar-refractivity contribution in [1.82, 2.24) is 4.57 Å². The molecule has 240 valence electrons. The second-order valence-electron chi connectivity index (χ2n) is 12.7. The van der Waals surface area contributed by atoms with E-state index >= 15 is 0 Å². The van der Waals surface area contributed by atoms with Crippen molar-refractivity contribution in [2.75, 3.05) is 4.90 Å². The van der Waals surface area contributed by atoms with Gasteiger partial charge in [0, 0.05) is 0 Å². The van der Waals surface area contributed by atoms with E-state index in [1.807, 2.05) is 24.3 Å². The van der Waals surface area contributed by atoms with Gasteiger partial charge in [-0.1, -0.05) is 42.0 Å². The molecular formula is C42H36N3PtSe2+. The Hall–Kier alpha value is -3.68. The number of fused-ring (bicyclic) bond motifs is 5. The van der Waals surface area contributed by atoms with Gasteiger partial charge in [-0.3, -0.25) is 4.57 Å². The third-order valence-corrected chi connectivity index (χ3v) is 21.2. The Morgan fingerprint density at radius 1 is 0.562 bits per heavy atom. The second-order valence-corrected chi connectivity index (χ2v) is 27.5. The summed E-state index contributed by atoms with van der Waals surface area (Å²) in [6.45, 7) is 2.10. The summed E-state index contributed by atoms with van der Waals surface area (Å²) < 4.78 is 10.3. The summed E-state index contributed by atoms with van der Waals surface area (Å²) in [5, 5.41) is 0. The first-order chi connectivity index (χ1) is 22.8. The number of para-hydroxylation sites is 6. The Morgan fingerprint density at radius 2 is 1.12 bits per heavy atom. The van der Waals surface area contributed by atoms with Gasteiger partial charge in [0.1, 0.15) is 0 Å². The molecule has 6 heteroatoms. The minimum atomic E-state index is -1.95. The molecule has 0 atom stereocenters. The third-order valence-electron chi connectivity index (χ3n) is 9.22. The predicted molar refractivity (Wildman–Crippen MR) is 200 cm³/mol. The van der Waals surface area contributed by atoms with Crippen LogP contribution in [0.5, 0.6) is 0 Å². The van der Waals surface area contributed by atoms with Crippen LogP contribution in [0, 0.1) is 31.5 Å². The van der Waals surface area contributed by atoms with Gasteiger partial charge < -0.3 is 4.57 Å². The fraction of sp³-hybridized carbons (Fsp3) is 0.119. The van der Waals surface area contributed by atoms with Crippen molar-refractivity contribution in [2.24, 2.45) is 0 Å². The van der Waals surface area contributed by atoms with Crippen molar-refractivity contribution in [2.45, 2.75) is 30.2 Å². The molecule has 0 saturated carbocycles. The van der Waals surface area contributed by atoms with Gasteiger partial charge in [0.05, 0.1) is 16.7 Å². The van der Waals surface area contributed by atoms with Crippen LogP contribution in [0.15, 0.2) is 127 Å². The molecule has 0 fully saturated rings. The van der Waals surface area contributed by atoms with E-state index in [0.717, 1.165) is 22.4 Å². The SMILES string of the molecule is C[Se]1(C)c2ccc[c-]c2N2c3[c-]cccc3[Se](C)(C)c3cccc1c32.Cc1ccc(-[n+]2[c-]n(-c3[c-]cccc3)c3ccccc32)cc1.[Pt+4]. The molecule has 0 N–H and O–H groups in total. The van der Waals surface area contributed by atoms with Gasteiger partial charge in [-0.25, -0.2) is 0 Å². The fourth-order valence-electron chi connectivity index (χ4n) is 6.76. The predicted octanol–water partition coefficient (Wildman–Crippen LogP) is 6.84. The maximum Gasteiger partial charge on any atom is 4.00 e. The van der Waals surface area contributed by atoms with Gasteiger partial charge >= 0.3 is 177 Å². The average molecular weight is 936 g/mol. The summed E-state index contributed by atoms with van der Waals surface area (Å²) in [6, 6.07) is 55.3. The first-order valence-corrected chi connectivity index (χ1v) is 25.9. The Bertz CT molecular complexity index is 2200. The largest absolute Gasteiger partial charge is 4.00 e. The van der Waals surface area contributed by atoms with Crippen LogP contribution in [0.3, 0.4) is 0 Å². The van der Waals surface area contributed by atoms with Gasteiger partial charge in [-0.2, -0.15) is 30.3 Å². The smallest absolute Gasteiger partial charge is 0.315 e. The summed E-state index contributed by atoms with van der Waals surface area (Å²) in [7, 11) is 0. The standard InChI is InChI=1S/C22H21NSe2.C20H15N2.Pt/c1-24(2)18-12-7-5-10-16(18)23-17-11-6-8-13-19(17)25(3,4)21-15-9-14-20(24)22(21)23;1-16-11-13-18(14-12-16)22-15-21(17-7-3-2-4-8-17)19-9-5-6-10-20(19)22;/h5-9,12-15H,1-4H3;2-7,9-14H,1H3;/q-2;-1;+4. The van der Waals surface area contributed by atoms with Gasteiger partial charge in [0.2, 0.25) is 0 Å². The summed E-state index contributed by atoms with van der Waals surface area (Å²) in [6.07, 6.45) is 3.44. The number of hydrogen-bond acceptors (Lipinski definition) is 1. The normalized spacial score (nSPS) is 15.8. The molecule has 2 aliphatic rings. The molecule has 48 heavy (non-hydrogen) atoms. The number of rotatable bonds is 2. The Morgan fingerprint density at radius 3 is 1.73 bits per heavy atom. The molecule has 0 aliphatic carbocycles. The number of hydrogen-bond donors (Lipinski definition) is 0. The van der Waals surface area contributed by atoms with E-state index in [9.17, 15) is 0 Å². The van der Waals surface area contributed by atoms with Crippen LogP contribution >= 0.6 is 0 Å². The van der Waals surface area contributed by atoms with Crippen LogP contribution < -0.4 is 27.3 Å². The van der Waals surface area contributed by atoms with E-state index in [4.69, 9.17) is 0 Å². The van der Waals surface area contributed by atoms with E-state index in [1.54, 1.807) is 8.92 Å². The number of imidazole rings is 1. The molecule has 9 rings (SSSR count). The van der Waals surface area contributed by atoms with Gasteiger partial charge in [0.25, 0.3) is 6.33 Å². The van der Waals surface area contributed by atoms with Crippen molar-refractivity contribution in [3.05, 3.63) is 157 Å². The first kappa shape index (κ1) is 32.8. The summed E-state index contributed by atoms with van der Waals surface area (Å²) in [5.41, 5.74) is 9.56. The Kier molecular flexibility index (Phi) is 8.65. The van der Waals surface area contributed by atoms with Crippen LogP contribution in [0.4, 0.5) is 17.1 Å². The van der Waals surface area contributed by atoms with Crippen LogP contribution in [0.1, 0.15) is 5.56 Å². The molecule has 2 aliphatic heterocycles. The molecule has 1 aromatic heterocycles. The molecule has 0 radical (unpaired) electrons. The van der Waals surface area contributed by atoms with Gasteiger partial charge in [0.15, 0.2) is 0 Å². The topological polar surface area (TPSA) is 12.1 Å². The molecule has 7 aromatic rings. The third kappa shape index (κ3) is 5.25. The zero-order valence-corrected chi connectivity index (χ0v) is 33.3. The number of aryl methyl sites for hydroxylation is 1. The van der Waals surface area contributed by atoms with Crippen LogP contribution in [-0.4, -0.2) is 30.3 Å². The van der Waals surface area contributed by atoms with Crippen molar-refractivity contribution >= 4 is 71.6 Å². The molecule has 0 spiro atoms. The zero-order chi connectivity index (χ0) is 32.3. The van der Waals surface area contributed by atoms with E-state index in [-0.39, 0.29) is 21.1 Å². The van der Waals surface area contributed by atoms with Crippen molar-refractivity contribution in [1.29, 1.82) is 0 Å². The quantitative estimate of drug-likeness (QED) is 0.105. The first-order valence-electron chi connectivity index (χ1n) is 15.7. The Labute approximate surface area is 303 Å². The minimum Gasteiger partial charge on any atom is -0.315 e. The van der Waals surface area contributed by atoms with Crippen molar-refractivity contribution in [3.8, 4) is 11.4 Å². The number of benzene rings is 6. The molecule has 0 bridgehead atoms. The van der Waals surface area contributed by atoms with Gasteiger partial charge in [-0.05, 0) is 24.7 Å². The maximum atomic E-state index is 3.58. The maximum absolute atomic E-state index is 3.58. The fourth-order valence-corrected chi connectivity index (χ4v) is 17.1. The molecule has 6 aromatic carbocycles. The number of nitrogens with zero attached hydrogens (tertiary/aromatic N) is 3. The van der Waals surface area contributed by atoms with Crippen LogP contribution in [0.25, 0.3) is 22.4 Å². The zero-order valence-electron chi connectivity index (χ0n) is 27.6. The van der Waals surface area contributed by atoms with Crippen molar-refractivity contribution < 1.29 is 25.6 Å². The van der Waals surface area contributed by atoms with E-state index in [2.05, 4.69) is 172 Å². The molecular weight excluding hydrogens is 899 g/mol. The summed E-state index contributed by atoms with van der Waals surface area (Å²) in [4.78, 5) is 2.46. The second kappa shape index (κ2) is 12.6.